The largest absolute Gasteiger partial charge is 0.455 e. The minimum Gasteiger partial charge on any atom is -0.455 e. The van der Waals surface area contributed by atoms with Crippen molar-refractivity contribution in [2.24, 2.45) is 0 Å². The molecule has 0 N–H and O–H groups in total. The van der Waals surface area contributed by atoms with E-state index in [-0.39, 0.29) is 4.91 Å². The maximum Gasteiger partial charge on any atom is 0.261 e. The van der Waals surface area contributed by atoms with Gasteiger partial charge in [0.1, 0.15) is 0 Å². The SMILES string of the molecule is CC.O=S(=O)(Cl)/C1=C/C=C=c2occc2=C=C1. The van der Waals surface area contributed by atoms with Crippen molar-refractivity contribution >= 4 is 31.2 Å². The maximum absolute atomic E-state index is 11.1. The second-order valence-electron chi connectivity index (χ2n) is 2.77. The van der Waals surface area contributed by atoms with E-state index in [0.717, 1.165) is 0 Å². The third kappa shape index (κ3) is 3.52. The van der Waals surface area contributed by atoms with E-state index in [9.17, 15) is 8.42 Å². The molecule has 0 aromatic carbocycles. The Morgan fingerprint density at radius 2 is 2.00 bits per heavy atom. The summed E-state index contributed by atoms with van der Waals surface area (Å²) in [4.78, 5) is -0.0245. The maximum atomic E-state index is 11.1. The molecule has 1 aromatic heterocycles. The predicted octanol–water partition coefficient (Wildman–Crippen LogP) is 1.64. The van der Waals surface area contributed by atoms with Gasteiger partial charge in [-0.25, -0.2) is 8.42 Å². The number of furan rings is 1. The Hall–Kier alpha value is -1.44. The van der Waals surface area contributed by atoms with Crippen LogP contribution >= 0.6 is 10.7 Å². The molecule has 0 spiro atoms. The lowest BCUT2D eigenvalue weighted by Crippen LogP contribution is -2.16. The summed E-state index contributed by atoms with van der Waals surface area (Å²) >= 11 is 0. The fourth-order valence-corrected chi connectivity index (χ4v) is 1.80. The standard InChI is InChI=1S/C10H5ClO3S.C2H6/c11-15(12,13)9-2-1-3-10-8(4-5-9)6-7-14-10;1-2/h1-2,5-7H;1-2H3/b9-2+;. The molecular weight excluding hydrogens is 260 g/mol. The molecule has 2 rings (SSSR count). The molecule has 0 saturated carbocycles. The number of rotatable bonds is 1. The minimum absolute atomic E-state index is 0.0245. The molecule has 0 bridgehead atoms. The van der Waals surface area contributed by atoms with Crippen LogP contribution in [0, 0.1) is 0 Å². The van der Waals surface area contributed by atoms with Crippen LogP contribution in [0.25, 0.3) is 11.5 Å². The molecule has 1 aromatic rings. The molecular formula is C12H11ClO3S. The highest BCUT2D eigenvalue weighted by molar-refractivity contribution is 8.17. The molecule has 90 valence electrons. The molecule has 0 amide bonds. The summed E-state index contributed by atoms with van der Waals surface area (Å²) in [6, 6.07) is 1.66. The van der Waals surface area contributed by atoms with Crippen LogP contribution in [0.15, 0.2) is 39.9 Å². The molecule has 0 saturated heterocycles. The van der Waals surface area contributed by atoms with Crippen molar-refractivity contribution in [1.82, 2.24) is 0 Å². The summed E-state index contributed by atoms with van der Waals surface area (Å²) in [5.74, 6) is 0. The van der Waals surface area contributed by atoms with Gasteiger partial charge in [0.15, 0.2) is 5.42 Å². The van der Waals surface area contributed by atoms with E-state index in [1.165, 1.54) is 24.5 Å². The minimum atomic E-state index is -3.74. The number of halogens is 1. The number of fused-ring (bicyclic) bond motifs is 1. The molecule has 0 fully saturated rings. The summed E-state index contributed by atoms with van der Waals surface area (Å²) in [6.07, 6.45) is 5.55. The van der Waals surface area contributed by atoms with Gasteiger partial charge in [-0.2, -0.15) is 0 Å². The molecule has 0 aliphatic heterocycles. The van der Waals surface area contributed by atoms with Gasteiger partial charge >= 0.3 is 0 Å². The third-order valence-corrected chi connectivity index (χ3v) is 3.13. The van der Waals surface area contributed by atoms with Gasteiger partial charge in [0.2, 0.25) is 0 Å². The van der Waals surface area contributed by atoms with E-state index < -0.39 is 9.05 Å². The molecule has 3 nitrogen and oxygen atoms in total. The second kappa shape index (κ2) is 5.76. The molecule has 1 aliphatic rings. The van der Waals surface area contributed by atoms with Crippen LogP contribution in [0.1, 0.15) is 13.8 Å². The van der Waals surface area contributed by atoms with Gasteiger partial charge in [-0.05, 0) is 18.2 Å². The lowest BCUT2D eigenvalue weighted by Gasteiger charge is -1.91. The summed E-state index contributed by atoms with van der Waals surface area (Å²) < 4.78 is 27.2. The van der Waals surface area contributed by atoms with Gasteiger partial charge in [-0.1, -0.05) is 19.6 Å². The highest BCUT2D eigenvalue weighted by Gasteiger charge is 2.09. The zero-order chi connectivity index (χ0) is 12.9. The lowest BCUT2D eigenvalue weighted by atomic mass is 10.3. The second-order valence-corrected chi connectivity index (χ2v) is 5.34. The highest BCUT2D eigenvalue weighted by Crippen LogP contribution is 2.12. The average Bonchev–Trinajstić information content (AvgIpc) is 2.66. The molecule has 5 heteroatoms. The van der Waals surface area contributed by atoms with Gasteiger partial charge in [0, 0.05) is 16.8 Å². The van der Waals surface area contributed by atoms with Crippen LogP contribution in [-0.2, 0) is 9.05 Å². The topological polar surface area (TPSA) is 47.3 Å². The van der Waals surface area contributed by atoms with Crippen molar-refractivity contribution < 1.29 is 12.8 Å². The zero-order valence-corrected chi connectivity index (χ0v) is 11.0. The van der Waals surface area contributed by atoms with Crippen molar-refractivity contribution in [1.29, 1.82) is 0 Å². The van der Waals surface area contributed by atoms with Crippen LogP contribution < -0.4 is 10.6 Å². The van der Waals surface area contributed by atoms with Crippen molar-refractivity contribution in [2.75, 3.05) is 0 Å². The van der Waals surface area contributed by atoms with Crippen LogP contribution in [-0.4, -0.2) is 8.42 Å². The smallest absolute Gasteiger partial charge is 0.261 e. The number of allylic oxidation sites excluding steroid dienone is 3. The Bertz CT molecular complexity index is 710. The van der Waals surface area contributed by atoms with E-state index in [0.29, 0.717) is 10.6 Å². The first-order valence-corrected chi connectivity index (χ1v) is 7.30. The molecule has 17 heavy (non-hydrogen) atoms. The van der Waals surface area contributed by atoms with Gasteiger partial charge < -0.3 is 4.42 Å². The Kier molecular flexibility index (Phi) is 4.62. The van der Waals surface area contributed by atoms with Crippen LogP contribution in [0.5, 0.6) is 0 Å². The normalized spacial score (nSPS) is 16.1. The molecule has 1 heterocycles. The first-order chi connectivity index (χ1) is 8.07. The predicted molar refractivity (Wildman–Crippen MR) is 68.1 cm³/mol. The van der Waals surface area contributed by atoms with Crippen molar-refractivity contribution in [3.05, 3.63) is 46.1 Å². The van der Waals surface area contributed by atoms with Crippen LogP contribution in [0.4, 0.5) is 0 Å². The monoisotopic (exact) mass is 270 g/mol. The quantitative estimate of drug-likeness (QED) is 0.729. The fraction of sp³-hybridized carbons (Fsp3) is 0.167. The van der Waals surface area contributed by atoms with E-state index in [2.05, 4.69) is 11.5 Å². The third-order valence-electron chi connectivity index (χ3n) is 1.78. The van der Waals surface area contributed by atoms with E-state index in [1.807, 2.05) is 13.8 Å². The summed E-state index contributed by atoms with van der Waals surface area (Å²) in [5, 5.41) is 0.636. The Labute approximate surface area is 104 Å². The van der Waals surface area contributed by atoms with Gasteiger partial charge in [-0.15, -0.1) is 5.73 Å². The van der Waals surface area contributed by atoms with E-state index >= 15 is 0 Å². The van der Waals surface area contributed by atoms with Crippen molar-refractivity contribution in [3.8, 4) is 0 Å². The first-order valence-electron chi connectivity index (χ1n) is 4.99. The lowest BCUT2D eigenvalue weighted by molar-refractivity contribution is 0.532. The summed E-state index contributed by atoms with van der Waals surface area (Å²) in [5.41, 5.74) is 6.05. The number of hydrogen-bond donors (Lipinski definition) is 0. The fourth-order valence-electron chi connectivity index (χ4n) is 1.08. The molecule has 0 atom stereocenters. The Morgan fingerprint density at radius 3 is 2.65 bits per heavy atom. The van der Waals surface area contributed by atoms with Crippen LogP contribution in [0.2, 0.25) is 0 Å². The van der Waals surface area contributed by atoms with E-state index in [1.54, 1.807) is 6.07 Å². The highest BCUT2D eigenvalue weighted by atomic mass is 35.7. The van der Waals surface area contributed by atoms with Gasteiger partial charge in [0.05, 0.1) is 16.4 Å². The first kappa shape index (κ1) is 13.6. The molecule has 0 radical (unpaired) electrons. The molecule has 1 aliphatic carbocycles. The zero-order valence-electron chi connectivity index (χ0n) is 9.40. The van der Waals surface area contributed by atoms with E-state index in [4.69, 9.17) is 15.1 Å². The number of hydrogen-bond acceptors (Lipinski definition) is 3. The molecule has 0 unspecified atom stereocenters. The Balaban J connectivity index is 0.000000686. The summed E-state index contributed by atoms with van der Waals surface area (Å²) in [6.45, 7) is 4.00. The summed E-state index contributed by atoms with van der Waals surface area (Å²) in [7, 11) is 1.46. The van der Waals surface area contributed by atoms with Gasteiger partial charge in [0.25, 0.3) is 9.05 Å². The van der Waals surface area contributed by atoms with Gasteiger partial charge in [-0.3, -0.25) is 0 Å². The average molecular weight is 271 g/mol. The van der Waals surface area contributed by atoms with Crippen LogP contribution in [0.3, 0.4) is 0 Å². The Morgan fingerprint density at radius 1 is 1.29 bits per heavy atom. The van der Waals surface area contributed by atoms with Crippen molar-refractivity contribution in [3.63, 3.8) is 0 Å². The van der Waals surface area contributed by atoms with Crippen molar-refractivity contribution in [2.45, 2.75) is 13.8 Å².